The number of amides is 1. The summed E-state index contributed by atoms with van der Waals surface area (Å²) >= 11 is 7.84. The number of nitrogens with one attached hydrogen (secondary N) is 1. The average Bonchev–Trinajstić information content (AvgIpc) is 3.07. The Morgan fingerprint density at radius 3 is 2.88 bits per heavy atom. The molecule has 1 aromatic heterocycles. The van der Waals surface area contributed by atoms with Crippen molar-refractivity contribution in [2.24, 2.45) is 0 Å². The lowest BCUT2D eigenvalue weighted by Gasteiger charge is -2.13. The predicted octanol–water partition coefficient (Wildman–Crippen LogP) is 2.67. The number of aromatic nitrogens is 1. The van der Waals surface area contributed by atoms with Crippen molar-refractivity contribution >= 4 is 29.3 Å². The molecule has 1 N–H and O–H groups in total. The second kappa shape index (κ2) is 4.86. The van der Waals surface area contributed by atoms with Crippen LogP contribution in [0.5, 0.6) is 0 Å². The fraction of sp³-hybridized carbons (Fsp3) is 0.500. The van der Waals surface area contributed by atoms with Crippen LogP contribution in [0.2, 0.25) is 5.02 Å². The zero-order chi connectivity index (χ0) is 12.5. The Hall–Kier alpha value is -0.740. The molecule has 0 atom stereocenters. The number of hydrogen-bond acceptors (Lipinski definition) is 3. The normalized spacial score (nSPS) is 16.6. The molecule has 92 valence electrons. The Kier molecular flexibility index (Phi) is 3.64. The molecule has 1 fully saturated rings. The van der Waals surface area contributed by atoms with Gasteiger partial charge in [0.15, 0.2) is 0 Å². The van der Waals surface area contributed by atoms with Gasteiger partial charge >= 0.3 is 0 Å². The SMILES string of the molecule is CSC1(CNC(=O)c2cnc(C)cc2Cl)CC1. The Balaban J connectivity index is 2.00. The summed E-state index contributed by atoms with van der Waals surface area (Å²) in [5, 5.41) is 3.39. The van der Waals surface area contributed by atoms with Gasteiger partial charge < -0.3 is 5.32 Å². The Bertz CT molecular complexity index is 446. The van der Waals surface area contributed by atoms with Crippen molar-refractivity contribution in [3.8, 4) is 0 Å². The molecule has 17 heavy (non-hydrogen) atoms. The zero-order valence-corrected chi connectivity index (χ0v) is 11.5. The molecular formula is C12H15ClN2OS. The quantitative estimate of drug-likeness (QED) is 0.915. The van der Waals surface area contributed by atoms with Crippen molar-refractivity contribution in [1.82, 2.24) is 10.3 Å². The largest absolute Gasteiger partial charge is 0.351 e. The topological polar surface area (TPSA) is 42.0 Å². The summed E-state index contributed by atoms with van der Waals surface area (Å²) in [5.41, 5.74) is 1.27. The van der Waals surface area contributed by atoms with E-state index in [1.165, 1.54) is 19.0 Å². The zero-order valence-electron chi connectivity index (χ0n) is 9.92. The van der Waals surface area contributed by atoms with Crippen LogP contribution in [0.25, 0.3) is 0 Å². The molecule has 1 aliphatic carbocycles. The summed E-state index contributed by atoms with van der Waals surface area (Å²) in [6, 6.07) is 1.71. The molecule has 1 amide bonds. The highest BCUT2D eigenvalue weighted by Crippen LogP contribution is 2.46. The van der Waals surface area contributed by atoms with E-state index in [1.807, 2.05) is 18.7 Å². The molecule has 0 aliphatic heterocycles. The number of pyridine rings is 1. The van der Waals surface area contributed by atoms with Crippen LogP contribution in [-0.4, -0.2) is 28.4 Å². The minimum absolute atomic E-state index is 0.136. The lowest BCUT2D eigenvalue weighted by Crippen LogP contribution is -2.31. The molecule has 0 spiro atoms. The van der Waals surface area contributed by atoms with Crippen LogP contribution in [0, 0.1) is 6.92 Å². The van der Waals surface area contributed by atoms with E-state index in [9.17, 15) is 4.79 Å². The fourth-order valence-corrected chi connectivity index (χ4v) is 2.64. The molecule has 2 rings (SSSR count). The minimum Gasteiger partial charge on any atom is -0.351 e. The van der Waals surface area contributed by atoms with Gasteiger partial charge in [-0.1, -0.05) is 11.6 Å². The van der Waals surface area contributed by atoms with Gasteiger partial charge in [0.05, 0.1) is 10.6 Å². The van der Waals surface area contributed by atoms with Crippen molar-refractivity contribution in [2.45, 2.75) is 24.5 Å². The first-order valence-corrected chi connectivity index (χ1v) is 7.12. The van der Waals surface area contributed by atoms with Gasteiger partial charge in [0.2, 0.25) is 0 Å². The van der Waals surface area contributed by atoms with Crippen molar-refractivity contribution in [3.05, 3.63) is 28.5 Å². The van der Waals surface area contributed by atoms with Crippen molar-refractivity contribution in [1.29, 1.82) is 0 Å². The summed E-state index contributed by atoms with van der Waals surface area (Å²) < 4.78 is 0.264. The van der Waals surface area contributed by atoms with Gasteiger partial charge in [0.1, 0.15) is 0 Å². The molecule has 3 nitrogen and oxygen atoms in total. The van der Waals surface area contributed by atoms with Gasteiger partial charge in [-0.25, -0.2) is 0 Å². The van der Waals surface area contributed by atoms with E-state index in [4.69, 9.17) is 11.6 Å². The van der Waals surface area contributed by atoms with Gasteiger partial charge in [-0.2, -0.15) is 11.8 Å². The number of thioether (sulfide) groups is 1. The summed E-state index contributed by atoms with van der Waals surface area (Å²) in [6.45, 7) is 2.55. The number of halogens is 1. The second-order valence-electron chi connectivity index (χ2n) is 4.38. The Morgan fingerprint density at radius 2 is 2.35 bits per heavy atom. The van der Waals surface area contributed by atoms with E-state index in [1.54, 1.807) is 6.07 Å². The molecule has 0 radical (unpaired) electrons. The molecular weight excluding hydrogens is 256 g/mol. The van der Waals surface area contributed by atoms with Crippen LogP contribution in [0.15, 0.2) is 12.3 Å². The monoisotopic (exact) mass is 270 g/mol. The maximum Gasteiger partial charge on any atom is 0.254 e. The molecule has 0 bridgehead atoms. The van der Waals surface area contributed by atoms with E-state index < -0.39 is 0 Å². The number of rotatable bonds is 4. The van der Waals surface area contributed by atoms with Gasteiger partial charge in [0, 0.05) is 23.2 Å². The highest BCUT2D eigenvalue weighted by Gasteiger charge is 2.42. The summed E-state index contributed by atoms with van der Waals surface area (Å²) in [5.74, 6) is -0.136. The average molecular weight is 271 g/mol. The maximum absolute atomic E-state index is 11.9. The molecule has 0 aromatic carbocycles. The van der Waals surface area contributed by atoms with Crippen LogP contribution in [0.4, 0.5) is 0 Å². The fourth-order valence-electron chi connectivity index (χ4n) is 1.62. The Labute approximate surface area is 110 Å². The van der Waals surface area contributed by atoms with Crippen LogP contribution in [0.3, 0.4) is 0 Å². The molecule has 0 saturated heterocycles. The first-order chi connectivity index (χ1) is 8.06. The molecule has 0 unspecified atom stereocenters. The third kappa shape index (κ3) is 2.93. The first kappa shape index (κ1) is 12.7. The maximum atomic E-state index is 11.9. The van der Waals surface area contributed by atoms with E-state index in [0.717, 1.165) is 5.69 Å². The van der Waals surface area contributed by atoms with Crippen LogP contribution in [0.1, 0.15) is 28.9 Å². The lowest BCUT2D eigenvalue weighted by molar-refractivity contribution is 0.0953. The highest BCUT2D eigenvalue weighted by atomic mass is 35.5. The van der Waals surface area contributed by atoms with Gasteiger partial charge in [-0.3, -0.25) is 9.78 Å². The number of aryl methyl sites for hydroxylation is 1. The molecule has 1 heterocycles. The second-order valence-corrected chi connectivity index (χ2v) is 6.06. The number of hydrogen-bond donors (Lipinski definition) is 1. The van der Waals surface area contributed by atoms with Gasteiger partial charge in [-0.05, 0) is 32.1 Å². The molecule has 5 heteroatoms. The molecule has 1 aliphatic rings. The van der Waals surface area contributed by atoms with E-state index in [0.29, 0.717) is 17.1 Å². The van der Waals surface area contributed by atoms with Crippen LogP contribution < -0.4 is 5.32 Å². The van der Waals surface area contributed by atoms with Crippen molar-refractivity contribution in [2.75, 3.05) is 12.8 Å². The third-order valence-corrected chi connectivity index (χ3v) is 4.78. The van der Waals surface area contributed by atoms with Crippen LogP contribution in [-0.2, 0) is 0 Å². The van der Waals surface area contributed by atoms with Gasteiger partial charge in [0.25, 0.3) is 5.91 Å². The van der Waals surface area contributed by atoms with E-state index in [2.05, 4.69) is 16.6 Å². The third-order valence-electron chi connectivity index (χ3n) is 3.05. The van der Waals surface area contributed by atoms with E-state index >= 15 is 0 Å². The highest BCUT2D eigenvalue weighted by molar-refractivity contribution is 8.00. The minimum atomic E-state index is -0.136. The molecule has 1 aromatic rings. The smallest absolute Gasteiger partial charge is 0.254 e. The summed E-state index contributed by atoms with van der Waals surface area (Å²) in [6.07, 6.45) is 5.97. The number of carbonyl (C=O) groups is 1. The van der Waals surface area contributed by atoms with Gasteiger partial charge in [-0.15, -0.1) is 0 Å². The lowest BCUT2D eigenvalue weighted by atomic mass is 10.2. The van der Waals surface area contributed by atoms with Crippen molar-refractivity contribution in [3.63, 3.8) is 0 Å². The standard InChI is InChI=1S/C12H15ClN2OS/c1-8-5-10(13)9(6-14-8)11(16)15-7-12(17-2)3-4-12/h5-6H,3-4,7H2,1-2H3,(H,15,16). The van der Waals surface area contributed by atoms with Crippen LogP contribution >= 0.6 is 23.4 Å². The summed E-state index contributed by atoms with van der Waals surface area (Å²) in [7, 11) is 0. The number of nitrogens with zero attached hydrogens (tertiary/aromatic N) is 1. The predicted molar refractivity (Wildman–Crippen MR) is 71.8 cm³/mol. The number of carbonyl (C=O) groups excluding carboxylic acids is 1. The Morgan fingerprint density at radius 1 is 1.65 bits per heavy atom. The molecule has 1 saturated carbocycles. The first-order valence-electron chi connectivity index (χ1n) is 5.52. The van der Waals surface area contributed by atoms with E-state index in [-0.39, 0.29) is 10.7 Å². The summed E-state index contributed by atoms with van der Waals surface area (Å²) in [4.78, 5) is 16.0. The van der Waals surface area contributed by atoms with Crippen molar-refractivity contribution < 1.29 is 4.79 Å².